The minimum absolute atomic E-state index is 0.155. The number of rotatable bonds is 4. The number of para-hydroxylation sites is 1. The fourth-order valence-corrected chi connectivity index (χ4v) is 3.17. The van der Waals surface area contributed by atoms with E-state index in [4.69, 9.17) is 14.7 Å². The number of ether oxygens (including phenoxy) is 2. The largest absolute Gasteiger partial charge is 0.486 e. The molecule has 3 rings (SSSR count). The molecular formula is C18H16N2O3S. The number of hydrogen-bond acceptors (Lipinski definition) is 5. The molecule has 1 heterocycles. The lowest BCUT2D eigenvalue weighted by molar-refractivity contribution is -0.115. The maximum Gasteiger partial charge on any atom is 0.237 e. The van der Waals surface area contributed by atoms with Gasteiger partial charge in [0.1, 0.15) is 19.3 Å². The Morgan fingerprint density at radius 1 is 1.21 bits per heavy atom. The molecule has 1 aliphatic heterocycles. The van der Waals surface area contributed by atoms with Crippen molar-refractivity contribution in [2.24, 2.45) is 0 Å². The number of fused-ring (bicyclic) bond motifs is 1. The number of nitrogens with zero attached hydrogens (tertiary/aromatic N) is 1. The van der Waals surface area contributed by atoms with E-state index in [9.17, 15) is 4.79 Å². The van der Waals surface area contributed by atoms with Gasteiger partial charge in [0.05, 0.1) is 16.5 Å². The van der Waals surface area contributed by atoms with Gasteiger partial charge >= 0.3 is 0 Å². The number of benzene rings is 2. The highest BCUT2D eigenvalue weighted by Crippen LogP contribution is 2.35. The van der Waals surface area contributed by atoms with E-state index in [0.29, 0.717) is 30.2 Å². The van der Waals surface area contributed by atoms with E-state index in [-0.39, 0.29) is 11.2 Å². The number of nitrogens with one attached hydrogen (secondary N) is 1. The van der Waals surface area contributed by atoms with Gasteiger partial charge in [0.15, 0.2) is 11.5 Å². The van der Waals surface area contributed by atoms with Crippen LogP contribution in [0.1, 0.15) is 12.5 Å². The zero-order chi connectivity index (χ0) is 16.9. The first-order chi connectivity index (χ1) is 11.7. The highest BCUT2D eigenvalue weighted by atomic mass is 32.2. The van der Waals surface area contributed by atoms with Crippen LogP contribution >= 0.6 is 11.8 Å². The van der Waals surface area contributed by atoms with E-state index in [1.807, 2.05) is 25.1 Å². The highest BCUT2D eigenvalue weighted by molar-refractivity contribution is 8.00. The van der Waals surface area contributed by atoms with Crippen molar-refractivity contribution in [2.75, 3.05) is 18.5 Å². The van der Waals surface area contributed by atoms with Gasteiger partial charge in [0.25, 0.3) is 0 Å². The van der Waals surface area contributed by atoms with Crippen molar-refractivity contribution >= 4 is 23.4 Å². The molecule has 0 fully saturated rings. The molecule has 5 nitrogen and oxygen atoms in total. The number of carbonyl (C=O) groups excluding carboxylic acids is 1. The SMILES string of the molecule is C[C@H](Sc1ccc2c(c1)OCCO2)C(=O)Nc1ccccc1C#N. The fraction of sp³-hybridized carbons (Fsp3) is 0.222. The molecule has 2 aromatic rings. The van der Waals surface area contributed by atoms with Gasteiger partial charge in [-0.05, 0) is 37.3 Å². The average Bonchev–Trinajstić information content (AvgIpc) is 2.62. The molecule has 0 aromatic heterocycles. The van der Waals surface area contributed by atoms with Crippen molar-refractivity contribution in [1.82, 2.24) is 0 Å². The van der Waals surface area contributed by atoms with Crippen LogP contribution < -0.4 is 14.8 Å². The number of hydrogen-bond donors (Lipinski definition) is 1. The first kappa shape index (κ1) is 16.2. The fourth-order valence-electron chi connectivity index (χ4n) is 2.28. The van der Waals surface area contributed by atoms with Crippen LogP contribution in [0, 0.1) is 11.3 Å². The van der Waals surface area contributed by atoms with Gasteiger partial charge in [-0.3, -0.25) is 4.79 Å². The Hall–Kier alpha value is -2.65. The number of anilines is 1. The van der Waals surface area contributed by atoms with E-state index in [2.05, 4.69) is 11.4 Å². The lowest BCUT2D eigenvalue weighted by Crippen LogP contribution is -2.22. The molecule has 0 bridgehead atoms. The third kappa shape index (κ3) is 3.63. The molecule has 0 saturated heterocycles. The van der Waals surface area contributed by atoms with Crippen LogP contribution in [0.3, 0.4) is 0 Å². The minimum Gasteiger partial charge on any atom is -0.486 e. The van der Waals surface area contributed by atoms with E-state index in [1.165, 1.54) is 11.8 Å². The second-order valence-electron chi connectivity index (χ2n) is 5.21. The maximum atomic E-state index is 12.4. The van der Waals surface area contributed by atoms with Crippen LogP contribution in [-0.4, -0.2) is 24.4 Å². The molecule has 2 aromatic carbocycles. The Balaban J connectivity index is 1.67. The molecule has 0 unspecified atom stereocenters. The Morgan fingerprint density at radius 3 is 2.75 bits per heavy atom. The Bertz CT molecular complexity index is 801. The van der Waals surface area contributed by atoms with E-state index in [0.717, 1.165) is 10.6 Å². The lowest BCUT2D eigenvalue weighted by atomic mass is 10.2. The Labute approximate surface area is 144 Å². The van der Waals surface area contributed by atoms with Crippen LogP contribution in [0.25, 0.3) is 0 Å². The first-order valence-electron chi connectivity index (χ1n) is 7.53. The van der Waals surface area contributed by atoms with Crippen molar-refractivity contribution in [3.63, 3.8) is 0 Å². The zero-order valence-corrected chi connectivity index (χ0v) is 13.9. The second-order valence-corrected chi connectivity index (χ2v) is 6.63. The third-order valence-electron chi connectivity index (χ3n) is 3.50. The summed E-state index contributed by atoms with van der Waals surface area (Å²) in [6.45, 7) is 2.91. The zero-order valence-electron chi connectivity index (χ0n) is 13.1. The molecule has 0 saturated carbocycles. The van der Waals surface area contributed by atoms with Gasteiger partial charge in [0.2, 0.25) is 5.91 Å². The molecule has 24 heavy (non-hydrogen) atoms. The molecule has 0 aliphatic carbocycles. The molecule has 1 amide bonds. The molecule has 1 atom stereocenters. The van der Waals surface area contributed by atoms with Gasteiger partial charge in [-0.25, -0.2) is 0 Å². The predicted molar refractivity (Wildman–Crippen MR) is 92.5 cm³/mol. The molecule has 0 spiro atoms. The van der Waals surface area contributed by atoms with Crippen molar-refractivity contribution in [3.05, 3.63) is 48.0 Å². The predicted octanol–water partition coefficient (Wildman–Crippen LogP) is 3.45. The molecule has 1 N–H and O–H groups in total. The van der Waals surface area contributed by atoms with E-state index in [1.54, 1.807) is 24.3 Å². The van der Waals surface area contributed by atoms with Gasteiger partial charge in [0, 0.05) is 4.90 Å². The summed E-state index contributed by atoms with van der Waals surface area (Å²) in [5.41, 5.74) is 0.974. The van der Waals surface area contributed by atoms with Gasteiger partial charge < -0.3 is 14.8 Å². The van der Waals surface area contributed by atoms with E-state index >= 15 is 0 Å². The summed E-state index contributed by atoms with van der Waals surface area (Å²) in [5.74, 6) is 1.27. The van der Waals surface area contributed by atoms with Gasteiger partial charge in [-0.1, -0.05) is 12.1 Å². The summed E-state index contributed by atoms with van der Waals surface area (Å²) in [5, 5.41) is 11.6. The third-order valence-corrected chi connectivity index (χ3v) is 4.59. The summed E-state index contributed by atoms with van der Waals surface area (Å²) in [6, 6.07) is 14.7. The first-order valence-corrected chi connectivity index (χ1v) is 8.41. The summed E-state index contributed by atoms with van der Waals surface area (Å²) in [7, 11) is 0. The average molecular weight is 340 g/mol. The molecular weight excluding hydrogens is 324 g/mol. The van der Waals surface area contributed by atoms with Gasteiger partial charge in [-0.15, -0.1) is 11.8 Å². The summed E-state index contributed by atoms with van der Waals surface area (Å²) >= 11 is 1.43. The summed E-state index contributed by atoms with van der Waals surface area (Å²) < 4.78 is 11.0. The standard InChI is InChI=1S/C18H16N2O3S/c1-12(18(21)20-15-5-3-2-4-13(15)11-19)24-14-6-7-16-17(10-14)23-9-8-22-16/h2-7,10,12H,8-9H2,1H3,(H,20,21)/t12-/m0/s1. The lowest BCUT2D eigenvalue weighted by Gasteiger charge is -2.19. The molecule has 0 radical (unpaired) electrons. The van der Waals surface area contributed by atoms with Crippen molar-refractivity contribution < 1.29 is 14.3 Å². The van der Waals surface area contributed by atoms with Gasteiger partial charge in [-0.2, -0.15) is 5.26 Å². The van der Waals surface area contributed by atoms with Crippen LogP contribution in [-0.2, 0) is 4.79 Å². The van der Waals surface area contributed by atoms with E-state index < -0.39 is 0 Å². The van der Waals surface area contributed by atoms with Crippen LogP contribution in [0.5, 0.6) is 11.5 Å². The molecule has 1 aliphatic rings. The van der Waals surface area contributed by atoms with Crippen molar-refractivity contribution in [2.45, 2.75) is 17.1 Å². The second kappa shape index (κ2) is 7.28. The maximum absolute atomic E-state index is 12.4. The van der Waals surface area contributed by atoms with Crippen LogP contribution in [0.15, 0.2) is 47.4 Å². The monoisotopic (exact) mass is 340 g/mol. The number of nitriles is 1. The van der Waals surface area contributed by atoms with Crippen molar-refractivity contribution in [1.29, 1.82) is 5.26 Å². The number of amides is 1. The summed E-state index contributed by atoms with van der Waals surface area (Å²) in [6.07, 6.45) is 0. The molecule has 6 heteroatoms. The van der Waals surface area contributed by atoms with Crippen molar-refractivity contribution in [3.8, 4) is 17.6 Å². The number of carbonyl (C=O) groups is 1. The minimum atomic E-state index is -0.320. The highest BCUT2D eigenvalue weighted by Gasteiger charge is 2.18. The topological polar surface area (TPSA) is 71.3 Å². The van der Waals surface area contributed by atoms with Crippen LogP contribution in [0.4, 0.5) is 5.69 Å². The smallest absolute Gasteiger partial charge is 0.237 e. The summed E-state index contributed by atoms with van der Waals surface area (Å²) in [4.78, 5) is 13.3. The van der Waals surface area contributed by atoms with Crippen LogP contribution in [0.2, 0.25) is 0 Å². The molecule has 122 valence electrons. The normalized spacial score (nSPS) is 13.7. The quantitative estimate of drug-likeness (QED) is 0.863. The number of thioether (sulfide) groups is 1. The Kier molecular flexibility index (Phi) is 4.92. The Morgan fingerprint density at radius 2 is 1.96 bits per heavy atom.